The van der Waals surface area contributed by atoms with E-state index in [-0.39, 0.29) is 5.91 Å². The van der Waals surface area contributed by atoms with E-state index < -0.39 is 5.41 Å². The van der Waals surface area contributed by atoms with Crippen molar-refractivity contribution in [2.75, 3.05) is 18.5 Å². The summed E-state index contributed by atoms with van der Waals surface area (Å²) in [6.07, 6.45) is 0. The van der Waals surface area contributed by atoms with Crippen LogP contribution in [0.4, 0.5) is 5.69 Å². The van der Waals surface area contributed by atoms with Crippen molar-refractivity contribution in [2.45, 2.75) is 34.6 Å². The van der Waals surface area contributed by atoms with Gasteiger partial charge in [-0.3, -0.25) is 4.79 Å². The van der Waals surface area contributed by atoms with Gasteiger partial charge in [-0.2, -0.15) is 0 Å². The monoisotopic (exact) mass is 248 g/mol. The van der Waals surface area contributed by atoms with E-state index in [0.717, 1.165) is 16.8 Å². The Morgan fingerprint density at radius 2 is 1.67 bits per heavy atom. The van der Waals surface area contributed by atoms with Gasteiger partial charge in [0.25, 0.3) is 0 Å². The van der Waals surface area contributed by atoms with Crippen molar-refractivity contribution in [1.82, 2.24) is 0 Å². The molecule has 0 unspecified atom stereocenters. The zero-order chi connectivity index (χ0) is 14.1. The van der Waals surface area contributed by atoms with Gasteiger partial charge >= 0.3 is 0 Å². The van der Waals surface area contributed by atoms with Crippen LogP contribution in [0.5, 0.6) is 0 Å². The Hall–Kier alpha value is -1.35. The summed E-state index contributed by atoms with van der Waals surface area (Å²) >= 11 is 0. The molecule has 0 heterocycles. The summed E-state index contributed by atoms with van der Waals surface area (Å²) in [5, 5.41) is 0. The smallest absolute Gasteiger partial charge is 0.233 e. The fraction of sp³-hybridized carbons (Fsp3) is 0.533. The lowest BCUT2D eigenvalue weighted by Gasteiger charge is -2.30. The zero-order valence-electron chi connectivity index (χ0n) is 12.3. The number of carbonyl (C=O) groups is 1. The van der Waals surface area contributed by atoms with Crippen LogP contribution in [-0.4, -0.2) is 19.5 Å². The molecule has 1 aromatic carbocycles. The highest BCUT2D eigenvalue weighted by Crippen LogP contribution is 2.28. The van der Waals surface area contributed by atoms with Crippen molar-refractivity contribution in [3.05, 3.63) is 28.8 Å². The first-order valence-corrected chi connectivity index (χ1v) is 6.27. The molecule has 3 heteroatoms. The Morgan fingerprint density at radius 3 is 2.06 bits per heavy atom. The van der Waals surface area contributed by atoms with Crippen LogP contribution in [0.15, 0.2) is 12.1 Å². The topological polar surface area (TPSA) is 46.3 Å². The highest BCUT2D eigenvalue weighted by molar-refractivity contribution is 5.98. The molecule has 0 aliphatic carbocycles. The van der Waals surface area contributed by atoms with Crippen LogP contribution in [0.25, 0.3) is 0 Å². The summed E-state index contributed by atoms with van der Waals surface area (Å²) in [6.45, 7) is 10.2. The summed E-state index contributed by atoms with van der Waals surface area (Å²) < 4.78 is 0. The number of hydrogen-bond donors (Lipinski definition) is 1. The Morgan fingerprint density at radius 1 is 1.22 bits per heavy atom. The summed E-state index contributed by atoms with van der Waals surface area (Å²) in [5.74, 6) is 0.0556. The third kappa shape index (κ3) is 2.72. The van der Waals surface area contributed by atoms with Crippen LogP contribution in [0.1, 0.15) is 30.5 Å². The molecule has 0 aliphatic heterocycles. The van der Waals surface area contributed by atoms with Gasteiger partial charge in [0.1, 0.15) is 0 Å². The molecule has 3 nitrogen and oxygen atoms in total. The van der Waals surface area contributed by atoms with Gasteiger partial charge in [-0.25, -0.2) is 0 Å². The summed E-state index contributed by atoms with van der Waals surface area (Å²) in [4.78, 5) is 14.2. The molecule has 0 radical (unpaired) electrons. The lowest BCUT2D eigenvalue weighted by Crippen LogP contribution is -2.43. The maximum absolute atomic E-state index is 12.4. The fourth-order valence-corrected chi connectivity index (χ4v) is 2.34. The average Bonchev–Trinajstić information content (AvgIpc) is 2.26. The second kappa shape index (κ2) is 5.11. The number of carbonyl (C=O) groups excluding carboxylic acids is 1. The number of aryl methyl sites for hydroxylation is 3. The van der Waals surface area contributed by atoms with Crippen LogP contribution < -0.4 is 10.6 Å². The second-order valence-electron chi connectivity index (χ2n) is 5.70. The van der Waals surface area contributed by atoms with Gasteiger partial charge in [0.05, 0.1) is 5.41 Å². The van der Waals surface area contributed by atoms with Gasteiger partial charge in [0.15, 0.2) is 0 Å². The second-order valence-corrected chi connectivity index (χ2v) is 5.70. The minimum Gasteiger partial charge on any atom is -0.329 e. The van der Waals surface area contributed by atoms with E-state index in [0.29, 0.717) is 6.54 Å². The first-order valence-electron chi connectivity index (χ1n) is 6.27. The molecule has 0 fully saturated rings. The molecule has 0 saturated heterocycles. The van der Waals surface area contributed by atoms with Gasteiger partial charge < -0.3 is 10.6 Å². The predicted molar refractivity (Wildman–Crippen MR) is 76.9 cm³/mol. The SMILES string of the molecule is Cc1cc(C)c(N(C)C(=O)C(C)(C)CN)c(C)c1. The molecule has 100 valence electrons. The van der Waals surface area contributed by atoms with Gasteiger partial charge in [-0.05, 0) is 45.7 Å². The van der Waals surface area contributed by atoms with Crippen molar-refractivity contribution in [2.24, 2.45) is 11.1 Å². The van der Waals surface area contributed by atoms with Crippen molar-refractivity contribution < 1.29 is 4.79 Å². The van der Waals surface area contributed by atoms with Gasteiger partial charge in [-0.1, -0.05) is 17.7 Å². The highest BCUT2D eigenvalue weighted by atomic mass is 16.2. The van der Waals surface area contributed by atoms with E-state index in [1.807, 2.05) is 34.7 Å². The van der Waals surface area contributed by atoms with Crippen LogP contribution in [-0.2, 0) is 4.79 Å². The van der Waals surface area contributed by atoms with Gasteiger partial charge in [-0.15, -0.1) is 0 Å². The summed E-state index contributed by atoms with van der Waals surface area (Å²) in [5.41, 5.74) is 9.60. The lowest BCUT2D eigenvalue weighted by atomic mass is 9.91. The minimum absolute atomic E-state index is 0.0556. The number of nitrogens with zero attached hydrogens (tertiary/aromatic N) is 1. The molecular weight excluding hydrogens is 224 g/mol. The maximum atomic E-state index is 12.4. The lowest BCUT2D eigenvalue weighted by molar-refractivity contribution is -0.125. The molecule has 0 aromatic heterocycles. The van der Waals surface area contributed by atoms with Crippen molar-refractivity contribution in [3.63, 3.8) is 0 Å². The molecule has 0 saturated carbocycles. The number of anilines is 1. The zero-order valence-corrected chi connectivity index (χ0v) is 12.3. The Labute approximate surface area is 110 Å². The quantitative estimate of drug-likeness (QED) is 0.893. The largest absolute Gasteiger partial charge is 0.329 e. The minimum atomic E-state index is -0.529. The molecule has 18 heavy (non-hydrogen) atoms. The molecule has 1 rings (SSSR count). The Bertz CT molecular complexity index is 441. The third-order valence-electron chi connectivity index (χ3n) is 3.36. The highest BCUT2D eigenvalue weighted by Gasteiger charge is 2.30. The number of amides is 1. The van der Waals surface area contributed by atoms with Gasteiger partial charge in [0, 0.05) is 19.3 Å². The first kappa shape index (κ1) is 14.7. The predicted octanol–water partition coefficient (Wildman–Crippen LogP) is 2.56. The molecule has 1 amide bonds. The molecule has 0 bridgehead atoms. The number of nitrogens with two attached hydrogens (primary N) is 1. The Balaban J connectivity index is 3.20. The molecule has 2 N–H and O–H groups in total. The van der Waals surface area contributed by atoms with Crippen LogP contribution in [0.2, 0.25) is 0 Å². The third-order valence-corrected chi connectivity index (χ3v) is 3.36. The fourth-order valence-electron chi connectivity index (χ4n) is 2.34. The average molecular weight is 248 g/mol. The van der Waals surface area contributed by atoms with E-state index in [1.165, 1.54) is 5.56 Å². The first-order chi connectivity index (χ1) is 8.20. The number of hydrogen-bond acceptors (Lipinski definition) is 2. The molecule has 0 atom stereocenters. The molecular formula is C15H24N2O. The van der Waals surface area contributed by atoms with E-state index in [1.54, 1.807) is 4.90 Å². The maximum Gasteiger partial charge on any atom is 0.233 e. The van der Waals surface area contributed by atoms with E-state index in [4.69, 9.17) is 5.73 Å². The van der Waals surface area contributed by atoms with Crippen LogP contribution in [0.3, 0.4) is 0 Å². The Kier molecular flexibility index (Phi) is 4.17. The normalized spacial score (nSPS) is 11.5. The molecule has 0 aliphatic rings. The van der Waals surface area contributed by atoms with Crippen molar-refractivity contribution >= 4 is 11.6 Å². The van der Waals surface area contributed by atoms with E-state index in [2.05, 4.69) is 19.1 Å². The summed E-state index contributed by atoms with van der Waals surface area (Å²) in [6, 6.07) is 4.20. The van der Waals surface area contributed by atoms with Crippen molar-refractivity contribution in [3.8, 4) is 0 Å². The van der Waals surface area contributed by atoms with Crippen LogP contribution >= 0.6 is 0 Å². The summed E-state index contributed by atoms with van der Waals surface area (Å²) in [7, 11) is 1.82. The van der Waals surface area contributed by atoms with E-state index >= 15 is 0 Å². The molecule has 0 spiro atoms. The van der Waals surface area contributed by atoms with Crippen LogP contribution in [0, 0.1) is 26.2 Å². The van der Waals surface area contributed by atoms with Gasteiger partial charge in [0.2, 0.25) is 5.91 Å². The number of benzene rings is 1. The van der Waals surface area contributed by atoms with E-state index in [9.17, 15) is 4.79 Å². The standard InChI is InChI=1S/C15H24N2O/c1-10-7-11(2)13(12(3)8-10)17(6)14(18)15(4,5)9-16/h7-8H,9,16H2,1-6H3. The van der Waals surface area contributed by atoms with Crippen molar-refractivity contribution in [1.29, 1.82) is 0 Å². The molecule has 1 aromatic rings. The number of rotatable bonds is 3.